The summed E-state index contributed by atoms with van der Waals surface area (Å²) < 4.78 is 5.88. The van der Waals surface area contributed by atoms with E-state index in [2.05, 4.69) is 11.8 Å². The Bertz CT molecular complexity index is 439. The van der Waals surface area contributed by atoms with Gasteiger partial charge < -0.3 is 4.74 Å². The van der Waals surface area contributed by atoms with Gasteiger partial charge in [0.1, 0.15) is 12.4 Å². The molecule has 1 aromatic rings. The van der Waals surface area contributed by atoms with Gasteiger partial charge in [0, 0.05) is 13.0 Å². The van der Waals surface area contributed by atoms with E-state index in [1.54, 1.807) is 0 Å². The van der Waals surface area contributed by atoms with E-state index in [-0.39, 0.29) is 5.78 Å². The van der Waals surface area contributed by atoms with Crippen LogP contribution in [0.25, 0.3) is 0 Å². The minimum absolute atomic E-state index is 0.199. The third-order valence-electron chi connectivity index (χ3n) is 4.06. The standard InChI is InChI=1S/C18H27NO2/c1-2-3-10-17(20)16-9-5-6-11-18(16)21-15-14-19-12-7-4-8-13-19/h5-6,9,11H,2-4,7-8,10,12-15H2,1H3. The zero-order valence-corrected chi connectivity index (χ0v) is 13.1. The zero-order valence-electron chi connectivity index (χ0n) is 13.1. The van der Waals surface area contributed by atoms with E-state index in [4.69, 9.17) is 4.74 Å². The fourth-order valence-electron chi connectivity index (χ4n) is 2.76. The molecule has 2 rings (SSSR count). The van der Waals surface area contributed by atoms with Gasteiger partial charge in [0.05, 0.1) is 5.56 Å². The molecule has 3 heteroatoms. The molecule has 0 radical (unpaired) electrons. The maximum absolute atomic E-state index is 12.2. The Morgan fingerprint density at radius 3 is 2.71 bits per heavy atom. The molecule has 1 aromatic carbocycles. The smallest absolute Gasteiger partial charge is 0.166 e. The first kappa shape index (κ1) is 16.0. The molecule has 0 spiro atoms. The number of carbonyl (C=O) groups excluding carboxylic acids is 1. The molecule has 1 aliphatic rings. The molecule has 116 valence electrons. The van der Waals surface area contributed by atoms with Crippen molar-refractivity contribution in [2.24, 2.45) is 0 Å². The van der Waals surface area contributed by atoms with Gasteiger partial charge in [-0.1, -0.05) is 31.9 Å². The summed E-state index contributed by atoms with van der Waals surface area (Å²) in [6.45, 7) is 6.09. The predicted octanol–water partition coefficient (Wildman–Crippen LogP) is 3.92. The van der Waals surface area contributed by atoms with Crippen molar-refractivity contribution in [3.05, 3.63) is 29.8 Å². The second-order valence-corrected chi connectivity index (χ2v) is 5.77. The lowest BCUT2D eigenvalue weighted by Gasteiger charge is -2.26. The Morgan fingerprint density at radius 1 is 1.19 bits per heavy atom. The van der Waals surface area contributed by atoms with Crippen LogP contribution < -0.4 is 4.74 Å². The van der Waals surface area contributed by atoms with Gasteiger partial charge in [-0.15, -0.1) is 0 Å². The summed E-state index contributed by atoms with van der Waals surface area (Å²) >= 11 is 0. The first-order valence-corrected chi connectivity index (χ1v) is 8.28. The van der Waals surface area contributed by atoms with Gasteiger partial charge in [-0.3, -0.25) is 9.69 Å². The van der Waals surface area contributed by atoms with Crippen LogP contribution in [0.1, 0.15) is 55.8 Å². The highest BCUT2D eigenvalue weighted by molar-refractivity contribution is 5.98. The number of nitrogens with zero attached hydrogens (tertiary/aromatic N) is 1. The van der Waals surface area contributed by atoms with Crippen LogP contribution in [0.3, 0.4) is 0 Å². The first-order valence-electron chi connectivity index (χ1n) is 8.28. The van der Waals surface area contributed by atoms with E-state index in [0.717, 1.165) is 30.7 Å². The van der Waals surface area contributed by atoms with Gasteiger partial charge in [0.25, 0.3) is 0 Å². The summed E-state index contributed by atoms with van der Waals surface area (Å²) in [5.41, 5.74) is 0.740. The number of ketones is 1. The number of piperidine rings is 1. The monoisotopic (exact) mass is 289 g/mol. The summed E-state index contributed by atoms with van der Waals surface area (Å²) in [5, 5.41) is 0. The molecular weight excluding hydrogens is 262 g/mol. The predicted molar refractivity (Wildman–Crippen MR) is 86.1 cm³/mol. The molecule has 3 nitrogen and oxygen atoms in total. The molecule has 0 unspecified atom stereocenters. The van der Waals surface area contributed by atoms with Crippen molar-refractivity contribution in [2.45, 2.75) is 45.4 Å². The van der Waals surface area contributed by atoms with Gasteiger partial charge >= 0.3 is 0 Å². The third kappa shape index (κ3) is 5.16. The number of hydrogen-bond donors (Lipinski definition) is 0. The minimum Gasteiger partial charge on any atom is -0.491 e. The van der Waals surface area contributed by atoms with E-state index in [1.807, 2.05) is 24.3 Å². The molecule has 0 N–H and O–H groups in total. The second-order valence-electron chi connectivity index (χ2n) is 5.77. The third-order valence-corrected chi connectivity index (χ3v) is 4.06. The zero-order chi connectivity index (χ0) is 14.9. The molecule has 0 aliphatic carbocycles. The molecule has 1 heterocycles. The second kappa shape index (κ2) is 8.83. The molecule has 0 saturated carbocycles. The summed E-state index contributed by atoms with van der Waals surface area (Å²) in [6, 6.07) is 7.65. The van der Waals surface area contributed by atoms with Gasteiger partial charge in [0.2, 0.25) is 0 Å². The van der Waals surface area contributed by atoms with Crippen LogP contribution in [0.5, 0.6) is 5.75 Å². The van der Waals surface area contributed by atoms with E-state index in [9.17, 15) is 4.79 Å². The number of carbonyl (C=O) groups is 1. The van der Waals surface area contributed by atoms with Crippen molar-refractivity contribution in [1.82, 2.24) is 4.90 Å². The summed E-state index contributed by atoms with van der Waals surface area (Å²) in [4.78, 5) is 14.6. The Morgan fingerprint density at radius 2 is 1.95 bits per heavy atom. The Hall–Kier alpha value is -1.35. The average Bonchev–Trinajstić information content (AvgIpc) is 2.54. The molecule has 0 bridgehead atoms. The molecule has 0 amide bonds. The van der Waals surface area contributed by atoms with Crippen LogP contribution in [0.2, 0.25) is 0 Å². The molecule has 21 heavy (non-hydrogen) atoms. The fourth-order valence-corrected chi connectivity index (χ4v) is 2.76. The highest BCUT2D eigenvalue weighted by Gasteiger charge is 2.13. The number of hydrogen-bond acceptors (Lipinski definition) is 3. The van der Waals surface area contributed by atoms with Crippen LogP contribution in [0.15, 0.2) is 24.3 Å². The largest absolute Gasteiger partial charge is 0.491 e. The molecule has 0 atom stereocenters. The molecular formula is C18H27NO2. The Balaban J connectivity index is 1.85. The summed E-state index contributed by atoms with van der Waals surface area (Å²) in [5.74, 6) is 0.945. The maximum Gasteiger partial charge on any atom is 0.166 e. The van der Waals surface area contributed by atoms with Crippen LogP contribution in [-0.2, 0) is 0 Å². The lowest BCUT2D eigenvalue weighted by atomic mass is 10.0. The van der Waals surface area contributed by atoms with E-state index in [1.165, 1.54) is 32.4 Å². The normalized spacial score (nSPS) is 15.9. The minimum atomic E-state index is 0.199. The molecule has 1 aliphatic heterocycles. The van der Waals surface area contributed by atoms with Crippen molar-refractivity contribution in [3.8, 4) is 5.75 Å². The van der Waals surface area contributed by atoms with Crippen molar-refractivity contribution in [2.75, 3.05) is 26.2 Å². The molecule has 1 fully saturated rings. The van der Waals surface area contributed by atoms with Crippen LogP contribution in [-0.4, -0.2) is 36.9 Å². The van der Waals surface area contributed by atoms with Gasteiger partial charge in [-0.25, -0.2) is 0 Å². The van der Waals surface area contributed by atoms with Crippen molar-refractivity contribution >= 4 is 5.78 Å². The van der Waals surface area contributed by atoms with Crippen LogP contribution >= 0.6 is 0 Å². The quantitative estimate of drug-likeness (QED) is 0.679. The van der Waals surface area contributed by atoms with Crippen LogP contribution in [0.4, 0.5) is 0 Å². The van der Waals surface area contributed by atoms with Gasteiger partial charge in [-0.2, -0.15) is 0 Å². The summed E-state index contributed by atoms with van der Waals surface area (Å²) in [6.07, 6.45) is 6.55. The average molecular weight is 289 g/mol. The van der Waals surface area contributed by atoms with Crippen LogP contribution in [0, 0.1) is 0 Å². The number of benzene rings is 1. The number of likely N-dealkylation sites (tertiary alicyclic amines) is 1. The number of rotatable bonds is 8. The SMILES string of the molecule is CCCCC(=O)c1ccccc1OCCN1CCCCC1. The number of Topliss-reactive ketones (excluding diaryl/α,β-unsaturated/α-hetero) is 1. The van der Waals surface area contributed by atoms with E-state index < -0.39 is 0 Å². The Kier molecular flexibility index (Phi) is 6.74. The summed E-state index contributed by atoms with van der Waals surface area (Å²) in [7, 11) is 0. The first-order chi connectivity index (χ1) is 10.3. The topological polar surface area (TPSA) is 29.5 Å². The number of ether oxygens (including phenoxy) is 1. The van der Waals surface area contributed by atoms with Gasteiger partial charge in [-0.05, 0) is 44.5 Å². The number of unbranched alkanes of at least 4 members (excludes halogenated alkanes) is 1. The van der Waals surface area contributed by atoms with E-state index in [0.29, 0.717) is 13.0 Å². The highest BCUT2D eigenvalue weighted by atomic mass is 16.5. The molecule has 0 aromatic heterocycles. The lowest BCUT2D eigenvalue weighted by molar-refractivity contribution is 0.0974. The van der Waals surface area contributed by atoms with Crippen molar-refractivity contribution < 1.29 is 9.53 Å². The number of para-hydroxylation sites is 1. The lowest BCUT2D eigenvalue weighted by Crippen LogP contribution is -2.33. The fraction of sp³-hybridized carbons (Fsp3) is 0.611. The molecule has 1 saturated heterocycles. The van der Waals surface area contributed by atoms with Crippen molar-refractivity contribution in [1.29, 1.82) is 0 Å². The van der Waals surface area contributed by atoms with Crippen molar-refractivity contribution in [3.63, 3.8) is 0 Å². The van der Waals surface area contributed by atoms with E-state index >= 15 is 0 Å². The Labute approximate surface area is 128 Å². The van der Waals surface area contributed by atoms with Gasteiger partial charge in [0.15, 0.2) is 5.78 Å². The maximum atomic E-state index is 12.2. The highest BCUT2D eigenvalue weighted by Crippen LogP contribution is 2.20.